The van der Waals surface area contributed by atoms with Gasteiger partial charge in [-0.1, -0.05) is 29.4 Å². The van der Waals surface area contributed by atoms with E-state index in [1.54, 1.807) is 12.1 Å². The lowest BCUT2D eigenvalue weighted by Gasteiger charge is -2.13. The van der Waals surface area contributed by atoms with Crippen molar-refractivity contribution in [3.63, 3.8) is 0 Å². The summed E-state index contributed by atoms with van der Waals surface area (Å²) in [5.74, 6) is -1.45. The van der Waals surface area contributed by atoms with Gasteiger partial charge in [-0.2, -0.15) is 4.98 Å². The second-order valence-corrected chi connectivity index (χ2v) is 7.31. The van der Waals surface area contributed by atoms with E-state index in [1.807, 2.05) is 0 Å². The van der Waals surface area contributed by atoms with Gasteiger partial charge in [0.15, 0.2) is 5.82 Å². The number of carbonyl (C=O) groups is 1. The van der Waals surface area contributed by atoms with Crippen molar-refractivity contribution in [2.24, 2.45) is 0 Å². The third-order valence-electron chi connectivity index (χ3n) is 4.13. The van der Waals surface area contributed by atoms with Gasteiger partial charge in [0.25, 0.3) is 5.89 Å². The second-order valence-electron chi connectivity index (χ2n) is 6.01. The molecule has 1 aliphatic rings. The van der Waals surface area contributed by atoms with Gasteiger partial charge in [0.05, 0.1) is 11.2 Å². The zero-order valence-electron chi connectivity index (χ0n) is 13.2. The lowest BCUT2D eigenvalue weighted by atomic mass is 9.94. The molecule has 0 aliphatic heterocycles. The van der Waals surface area contributed by atoms with E-state index in [0.717, 1.165) is 18.4 Å². The number of carboxylic acid groups (broad SMARTS) is 1. The lowest BCUT2D eigenvalue weighted by molar-refractivity contribution is -0.132. The molecule has 1 fully saturated rings. The topological polar surface area (TPSA) is 76.2 Å². The van der Waals surface area contributed by atoms with Crippen LogP contribution in [0.4, 0.5) is 11.7 Å². The fourth-order valence-electron chi connectivity index (χ4n) is 2.61. The smallest absolute Gasteiger partial charge is 0.331 e. The summed E-state index contributed by atoms with van der Waals surface area (Å²) in [7, 11) is 0. The predicted octanol–water partition coefficient (Wildman–Crippen LogP) is 4.60. The third kappa shape index (κ3) is 3.87. The number of aliphatic carboxylic acids is 1. The number of carboxylic acids is 1. The molecule has 1 N–H and O–H groups in total. The maximum absolute atomic E-state index is 12.5. The Bertz CT molecular complexity index is 824. The minimum Gasteiger partial charge on any atom is -0.478 e. The zero-order chi connectivity index (χ0) is 18.2. The molecule has 0 atom stereocenters. The highest BCUT2D eigenvalue weighted by atomic mass is 32.3. The number of benzene rings is 1. The van der Waals surface area contributed by atoms with Crippen LogP contribution in [0.5, 0.6) is 0 Å². The summed E-state index contributed by atoms with van der Waals surface area (Å²) in [5, 5.41) is 12.8. The van der Waals surface area contributed by atoms with Gasteiger partial charge in [-0.25, -0.2) is 4.79 Å². The van der Waals surface area contributed by atoms with Gasteiger partial charge in [-0.15, -0.1) is 11.7 Å². The van der Waals surface area contributed by atoms with E-state index in [9.17, 15) is 16.5 Å². The Hall–Kier alpha value is -2.29. The Morgan fingerprint density at radius 1 is 1.32 bits per heavy atom. The first kappa shape index (κ1) is 17.5. The van der Waals surface area contributed by atoms with Gasteiger partial charge in [-0.05, 0) is 30.9 Å². The molecule has 1 aromatic heterocycles. The Kier molecular flexibility index (Phi) is 4.36. The van der Waals surface area contributed by atoms with Crippen molar-refractivity contribution in [2.75, 3.05) is 0 Å². The molecule has 1 saturated carbocycles. The van der Waals surface area contributed by atoms with Crippen molar-refractivity contribution in [2.45, 2.75) is 30.9 Å². The number of aromatic nitrogens is 2. The minimum atomic E-state index is -5.07. The molecule has 134 valence electrons. The number of hydrogen-bond acceptors (Lipinski definition) is 4. The van der Waals surface area contributed by atoms with E-state index in [-0.39, 0.29) is 17.0 Å². The van der Waals surface area contributed by atoms with E-state index in [2.05, 4.69) is 10.1 Å². The molecule has 0 saturated heterocycles. The highest BCUT2D eigenvalue weighted by Gasteiger charge is 2.50. The molecule has 0 radical (unpaired) electrons. The molecule has 9 heteroatoms. The van der Waals surface area contributed by atoms with Crippen LogP contribution in [0.25, 0.3) is 6.08 Å². The average molecular weight is 372 g/mol. The first-order valence-electron chi connectivity index (χ1n) is 7.45. The largest absolute Gasteiger partial charge is 0.478 e. The molecule has 0 bridgehead atoms. The summed E-state index contributed by atoms with van der Waals surface area (Å²) in [4.78, 5) is 15.1. The van der Waals surface area contributed by atoms with Gasteiger partial charge in [0, 0.05) is 11.6 Å². The molecule has 0 amide bonds. The second kappa shape index (κ2) is 6.21. The first-order valence-corrected chi connectivity index (χ1v) is 8.95. The van der Waals surface area contributed by atoms with Crippen LogP contribution in [0.15, 0.2) is 34.4 Å². The normalized spacial score (nSPS) is 17.4. The Morgan fingerprint density at radius 2 is 1.96 bits per heavy atom. The van der Waals surface area contributed by atoms with Crippen molar-refractivity contribution in [1.29, 1.82) is 0 Å². The minimum absolute atomic E-state index is 0.0686. The van der Waals surface area contributed by atoms with Crippen LogP contribution in [0.3, 0.4) is 0 Å². The third-order valence-corrected chi connectivity index (χ3v) is 4.79. The van der Waals surface area contributed by atoms with Crippen LogP contribution in [-0.2, 0) is 16.0 Å². The molecule has 3 rings (SSSR count). The monoisotopic (exact) mass is 372 g/mol. The van der Waals surface area contributed by atoms with Gasteiger partial charge in [-0.3, -0.25) is 0 Å². The van der Waals surface area contributed by atoms with E-state index >= 15 is 0 Å². The van der Waals surface area contributed by atoms with E-state index in [0.29, 0.717) is 5.82 Å². The Morgan fingerprint density at radius 3 is 2.48 bits per heavy atom. The molecule has 2 aromatic rings. The van der Waals surface area contributed by atoms with Crippen molar-refractivity contribution in [3.05, 3.63) is 52.7 Å². The number of nitrogens with zero attached hydrogens (tertiary/aromatic N) is 2. The fourth-order valence-corrected chi connectivity index (χ4v) is 3.18. The molecule has 0 spiro atoms. The number of halogens is 3. The molecule has 1 heterocycles. The SMILES string of the molecule is C/C(=C\c1nc(C2(c3ccc(CS(F)(F)F)cc3)CC2)no1)C(=O)O. The van der Waals surface area contributed by atoms with Crippen molar-refractivity contribution in [1.82, 2.24) is 10.1 Å². The quantitative estimate of drug-likeness (QED) is 0.750. The highest BCUT2D eigenvalue weighted by molar-refractivity contribution is 8.20. The maximum Gasteiger partial charge on any atom is 0.331 e. The Balaban J connectivity index is 1.82. The molecule has 1 aliphatic carbocycles. The lowest BCUT2D eigenvalue weighted by Crippen LogP contribution is -2.11. The predicted molar refractivity (Wildman–Crippen MR) is 86.7 cm³/mol. The standard InChI is InChI=1S/C16H15F3N2O3S/c1-10(14(22)23)8-13-20-15(21-24-13)16(6-7-16)12-4-2-11(3-5-12)9-25(17,18)19/h2-5,8H,6-7,9H2,1H3,(H,22,23)/b10-8+. The molecule has 0 unspecified atom stereocenters. The fraction of sp³-hybridized carbons (Fsp3) is 0.312. The van der Waals surface area contributed by atoms with Crippen LogP contribution < -0.4 is 0 Å². The van der Waals surface area contributed by atoms with Crippen LogP contribution in [0.1, 0.15) is 42.6 Å². The zero-order valence-corrected chi connectivity index (χ0v) is 14.0. The molecular formula is C16H15F3N2O3S. The van der Waals surface area contributed by atoms with E-state index < -0.39 is 28.3 Å². The van der Waals surface area contributed by atoms with E-state index in [4.69, 9.17) is 9.63 Å². The van der Waals surface area contributed by atoms with Gasteiger partial charge < -0.3 is 9.63 Å². The summed E-state index contributed by atoms with van der Waals surface area (Å²) < 4.78 is 42.6. The van der Waals surface area contributed by atoms with Crippen molar-refractivity contribution < 1.29 is 26.1 Å². The van der Waals surface area contributed by atoms with Gasteiger partial charge >= 0.3 is 5.97 Å². The van der Waals surface area contributed by atoms with Crippen LogP contribution in [-0.4, -0.2) is 21.2 Å². The molecule has 25 heavy (non-hydrogen) atoms. The molecular weight excluding hydrogens is 357 g/mol. The van der Waals surface area contributed by atoms with E-state index in [1.165, 1.54) is 25.1 Å². The van der Waals surface area contributed by atoms with Crippen molar-refractivity contribution in [3.8, 4) is 0 Å². The number of hydrogen-bond donors (Lipinski definition) is 1. The van der Waals surface area contributed by atoms with Crippen LogP contribution in [0, 0.1) is 0 Å². The van der Waals surface area contributed by atoms with Crippen molar-refractivity contribution >= 4 is 23.2 Å². The molecule has 5 nitrogen and oxygen atoms in total. The highest BCUT2D eigenvalue weighted by Crippen LogP contribution is 2.56. The number of rotatable bonds is 6. The summed E-state index contributed by atoms with van der Waals surface area (Å²) in [5.41, 5.74) is 0.672. The maximum atomic E-state index is 12.5. The van der Waals surface area contributed by atoms with Crippen LogP contribution in [0.2, 0.25) is 0 Å². The first-order chi connectivity index (χ1) is 11.7. The Labute approximate surface area is 143 Å². The molecule has 1 aromatic carbocycles. The summed E-state index contributed by atoms with van der Waals surface area (Å²) >= 11 is -5.07. The summed E-state index contributed by atoms with van der Waals surface area (Å²) in [6, 6.07) is 6.29. The summed E-state index contributed by atoms with van der Waals surface area (Å²) in [6.45, 7) is 1.42. The van der Waals surface area contributed by atoms with Gasteiger partial charge in [0.1, 0.15) is 0 Å². The van der Waals surface area contributed by atoms with Crippen LogP contribution >= 0.6 is 11.2 Å². The average Bonchev–Trinajstić information content (AvgIpc) is 3.20. The summed E-state index contributed by atoms with van der Waals surface area (Å²) in [6.07, 6.45) is 2.80. The van der Waals surface area contributed by atoms with Gasteiger partial charge in [0.2, 0.25) is 11.2 Å².